The van der Waals surface area contributed by atoms with Gasteiger partial charge in [-0.25, -0.2) is 0 Å². The first-order valence-corrected chi connectivity index (χ1v) is 4.99. The molecule has 0 rings (SSSR count). The quantitative estimate of drug-likeness (QED) is 0.717. The number of carbonyl (C=O) groups is 1. The number of halogens is 1. The fourth-order valence-electron chi connectivity index (χ4n) is 0.852. The van der Waals surface area contributed by atoms with Gasteiger partial charge in [0.05, 0.1) is 0 Å². The highest BCUT2D eigenvalue weighted by Gasteiger charge is 2.32. The van der Waals surface area contributed by atoms with Crippen LogP contribution in [-0.2, 0) is 9.53 Å². The topological polar surface area (TPSA) is 52.3 Å². The Labute approximate surface area is 81.8 Å². The highest BCUT2D eigenvalue weighted by molar-refractivity contribution is 9.10. The van der Waals surface area contributed by atoms with Crippen molar-refractivity contribution in [1.29, 1.82) is 0 Å². The largest absolute Gasteiger partial charge is 0.366 e. The minimum atomic E-state index is -0.947. The molecule has 1 amide bonds. The smallest absolute Gasteiger partial charge is 0.260 e. The van der Waals surface area contributed by atoms with Gasteiger partial charge < -0.3 is 10.5 Å². The fourth-order valence-corrected chi connectivity index (χ4v) is 1.41. The third-order valence-corrected chi connectivity index (χ3v) is 2.49. The first-order chi connectivity index (χ1) is 5.56. The normalized spacial score (nSPS) is 15.6. The zero-order chi connectivity index (χ0) is 9.61. The van der Waals surface area contributed by atoms with Gasteiger partial charge in [0, 0.05) is 6.61 Å². The first-order valence-electron chi connectivity index (χ1n) is 4.19. The van der Waals surface area contributed by atoms with Gasteiger partial charge in [-0.15, -0.1) is 0 Å². The summed E-state index contributed by atoms with van der Waals surface area (Å²) in [6.07, 6.45) is 2.35. The van der Waals surface area contributed by atoms with E-state index in [1.165, 1.54) is 0 Å². The van der Waals surface area contributed by atoms with E-state index < -0.39 is 10.4 Å². The number of alkyl halides is 1. The van der Waals surface area contributed by atoms with Crippen molar-refractivity contribution in [3.8, 4) is 0 Å². The van der Waals surface area contributed by atoms with Crippen LogP contribution in [0.5, 0.6) is 0 Å². The van der Waals surface area contributed by atoms with Crippen LogP contribution in [0.4, 0.5) is 0 Å². The molecule has 0 bridgehead atoms. The summed E-state index contributed by atoms with van der Waals surface area (Å²) in [4.78, 5) is 11.0. The van der Waals surface area contributed by atoms with Gasteiger partial charge in [0.1, 0.15) is 0 Å². The van der Waals surface area contributed by atoms with E-state index in [-0.39, 0.29) is 0 Å². The summed E-state index contributed by atoms with van der Waals surface area (Å²) in [5.74, 6) is -0.446. The zero-order valence-electron chi connectivity index (χ0n) is 7.60. The standard InChI is InChI=1S/C8H16BrNO2/c1-3-5-8(9,7(10)11)12-6-4-2/h3-6H2,1-2H3,(H2,10,11). The van der Waals surface area contributed by atoms with Crippen molar-refractivity contribution in [3.63, 3.8) is 0 Å². The highest BCUT2D eigenvalue weighted by Crippen LogP contribution is 2.25. The molecule has 3 nitrogen and oxygen atoms in total. The number of amides is 1. The average Bonchev–Trinajstić information content (AvgIpc) is 2.01. The van der Waals surface area contributed by atoms with Crippen LogP contribution in [0.25, 0.3) is 0 Å². The molecule has 0 aliphatic rings. The summed E-state index contributed by atoms with van der Waals surface area (Å²) < 4.78 is 4.38. The lowest BCUT2D eigenvalue weighted by Gasteiger charge is -2.23. The van der Waals surface area contributed by atoms with Crippen LogP contribution in [0.3, 0.4) is 0 Å². The summed E-state index contributed by atoms with van der Waals surface area (Å²) in [6, 6.07) is 0. The van der Waals surface area contributed by atoms with E-state index in [1.807, 2.05) is 13.8 Å². The first kappa shape index (κ1) is 11.9. The molecule has 0 aromatic carbocycles. The van der Waals surface area contributed by atoms with Crippen LogP contribution < -0.4 is 5.73 Å². The van der Waals surface area contributed by atoms with E-state index >= 15 is 0 Å². The van der Waals surface area contributed by atoms with Crippen molar-refractivity contribution in [1.82, 2.24) is 0 Å². The molecular weight excluding hydrogens is 222 g/mol. The van der Waals surface area contributed by atoms with Crippen LogP contribution in [0.2, 0.25) is 0 Å². The van der Waals surface area contributed by atoms with Crippen molar-refractivity contribution < 1.29 is 9.53 Å². The Kier molecular flexibility index (Phi) is 5.50. The molecule has 0 saturated heterocycles. The Balaban J connectivity index is 4.08. The van der Waals surface area contributed by atoms with Crippen molar-refractivity contribution in [3.05, 3.63) is 0 Å². The maximum Gasteiger partial charge on any atom is 0.260 e. The van der Waals surface area contributed by atoms with Crippen molar-refractivity contribution >= 4 is 21.8 Å². The second-order valence-electron chi connectivity index (χ2n) is 2.69. The predicted molar refractivity (Wildman–Crippen MR) is 52.0 cm³/mol. The van der Waals surface area contributed by atoms with E-state index in [2.05, 4.69) is 15.9 Å². The molecule has 1 atom stereocenters. The molecule has 4 heteroatoms. The summed E-state index contributed by atoms with van der Waals surface area (Å²) in [7, 11) is 0. The second-order valence-corrected chi connectivity index (χ2v) is 3.97. The molecular formula is C8H16BrNO2. The Morgan fingerprint density at radius 3 is 2.42 bits per heavy atom. The van der Waals surface area contributed by atoms with Crippen molar-refractivity contribution in [2.24, 2.45) is 5.73 Å². The summed E-state index contributed by atoms with van der Waals surface area (Å²) in [6.45, 7) is 4.52. The summed E-state index contributed by atoms with van der Waals surface area (Å²) >= 11 is 3.21. The Bertz CT molecular complexity index is 152. The molecule has 0 saturated carbocycles. The van der Waals surface area contributed by atoms with Gasteiger partial charge in [0.2, 0.25) is 4.51 Å². The number of hydrogen-bond donors (Lipinski definition) is 1. The van der Waals surface area contributed by atoms with Gasteiger partial charge in [-0.1, -0.05) is 20.3 Å². The number of primary amides is 1. The van der Waals surface area contributed by atoms with E-state index in [0.717, 1.165) is 12.8 Å². The lowest BCUT2D eigenvalue weighted by Crippen LogP contribution is -2.40. The molecule has 0 aliphatic carbocycles. The van der Waals surface area contributed by atoms with Crippen LogP contribution in [0.1, 0.15) is 33.1 Å². The minimum Gasteiger partial charge on any atom is -0.366 e. The lowest BCUT2D eigenvalue weighted by atomic mass is 10.2. The SMILES string of the molecule is CCCOC(Br)(CCC)C(N)=O. The van der Waals surface area contributed by atoms with Crippen LogP contribution in [-0.4, -0.2) is 17.0 Å². The van der Waals surface area contributed by atoms with Crippen LogP contribution in [0, 0.1) is 0 Å². The van der Waals surface area contributed by atoms with Crippen LogP contribution in [0.15, 0.2) is 0 Å². The van der Waals surface area contributed by atoms with E-state index in [4.69, 9.17) is 10.5 Å². The maximum atomic E-state index is 11.0. The van der Waals surface area contributed by atoms with Gasteiger partial charge in [0.25, 0.3) is 5.91 Å². The average molecular weight is 238 g/mol. The Morgan fingerprint density at radius 1 is 1.50 bits per heavy atom. The summed E-state index contributed by atoms with van der Waals surface area (Å²) in [5, 5.41) is 0. The molecule has 1 unspecified atom stereocenters. The Hall–Kier alpha value is -0.0900. The molecule has 0 aliphatic heterocycles. The third kappa shape index (κ3) is 3.54. The lowest BCUT2D eigenvalue weighted by molar-refractivity contribution is -0.132. The van der Waals surface area contributed by atoms with Gasteiger partial charge in [-0.2, -0.15) is 0 Å². The molecule has 2 N–H and O–H groups in total. The highest BCUT2D eigenvalue weighted by atomic mass is 79.9. The third-order valence-electron chi connectivity index (χ3n) is 1.47. The number of carbonyl (C=O) groups excluding carboxylic acids is 1. The van der Waals surface area contributed by atoms with E-state index in [9.17, 15) is 4.79 Å². The molecule has 0 aromatic heterocycles. The number of hydrogen-bond acceptors (Lipinski definition) is 2. The molecule has 12 heavy (non-hydrogen) atoms. The predicted octanol–water partition coefficient (Wildman–Crippen LogP) is 1.79. The maximum absolute atomic E-state index is 11.0. The monoisotopic (exact) mass is 237 g/mol. The van der Waals surface area contributed by atoms with Gasteiger partial charge in [0.15, 0.2) is 0 Å². The van der Waals surface area contributed by atoms with Crippen LogP contribution >= 0.6 is 15.9 Å². The number of ether oxygens (including phenoxy) is 1. The van der Waals surface area contributed by atoms with Gasteiger partial charge >= 0.3 is 0 Å². The molecule has 72 valence electrons. The number of nitrogens with two attached hydrogens (primary N) is 1. The van der Waals surface area contributed by atoms with Crippen molar-refractivity contribution in [2.45, 2.75) is 37.6 Å². The van der Waals surface area contributed by atoms with E-state index in [1.54, 1.807) is 0 Å². The molecule has 0 fully saturated rings. The van der Waals surface area contributed by atoms with E-state index in [0.29, 0.717) is 13.0 Å². The van der Waals surface area contributed by atoms with Crippen molar-refractivity contribution in [2.75, 3.05) is 6.61 Å². The minimum absolute atomic E-state index is 0.446. The zero-order valence-corrected chi connectivity index (χ0v) is 9.19. The molecule has 0 heterocycles. The fraction of sp³-hybridized carbons (Fsp3) is 0.875. The Morgan fingerprint density at radius 2 is 2.08 bits per heavy atom. The van der Waals surface area contributed by atoms with Gasteiger partial charge in [-0.05, 0) is 28.8 Å². The second kappa shape index (κ2) is 5.54. The molecule has 0 radical (unpaired) electrons. The van der Waals surface area contributed by atoms with Gasteiger partial charge in [-0.3, -0.25) is 4.79 Å². The summed E-state index contributed by atoms with van der Waals surface area (Å²) in [5.41, 5.74) is 5.19. The molecule has 0 aromatic rings. The molecule has 0 spiro atoms. The number of rotatable bonds is 6.